The van der Waals surface area contributed by atoms with Gasteiger partial charge in [0.15, 0.2) is 0 Å². The Morgan fingerprint density at radius 1 is 0.395 bits per heavy atom. The average Bonchev–Trinajstić information content (AvgIpc) is 3.00. The zero-order valence-corrected chi connectivity index (χ0v) is 23.9. The summed E-state index contributed by atoms with van der Waals surface area (Å²) in [7, 11) is -1.13. The third kappa shape index (κ3) is 5.66. The Morgan fingerprint density at radius 2 is 0.684 bits per heavy atom. The van der Waals surface area contributed by atoms with Crippen LogP contribution in [0.1, 0.15) is 38.5 Å². The van der Waals surface area contributed by atoms with Crippen LogP contribution in [0.15, 0.2) is 121 Å². The molecule has 0 radical (unpaired) electrons. The molecule has 0 aromatic heterocycles. The Bertz CT molecular complexity index is 1070. The van der Waals surface area contributed by atoms with E-state index in [0.29, 0.717) is 12.1 Å². The third-order valence-electron chi connectivity index (χ3n) is 8.00. The maximum absolute atomic E-state index is 2.95. The molecule has 2 aliphatic heterocycles. The van der Waals surface area contributed by atoms with Crippen molar-refractivity contribution in [3.8, 4) is 0 Å². The Kier molecular flexibility index (Phi) is 8.64. The summed E-state index contributed by atoms with van der Waals surface area (Å²) in [5.74, 6) is 0. The lowest BCUT2D eigenvalue weighted by molar-refractivity contribution is 0.136. The summed E-state index contributed by atoms with van der Waals surface area (Å²) >= 11 is 0. The zero-order valence-electron chi connectivity index (χ0n) is 22.1. The molecule has 0 aliphatic carbocycles. The smallest absolute Gasteiger partial charge is 0.0299 e. The van der Waals surface area contributed by atoms with Gasteiger partial charge in [-0.25, -0.2) is 0 Å². The quantitative estimate of drug-likeness (QED) is 0.240. The van der Waals surface area contributed by atoms with E-state index in [1.54, 1.807) is 0 Å². The second-order valence-electron chi connectivity index (χ2n) is 10.4. The highest BCUT2D eigenvalue weighted by molar-refractivity contribution is 7.71. The molecule has 4 heteroatoms. The van der Waals surface area contributed by atoms with Gasteiger partial charge in [0.05, 0.1) is 0 Å². The molecule has 2 unspecified atom stereocenters. The summed E-state index contributed by atoms with van der Waals surface area (Å²) in [6.45, 7) is 2.39. The van der Waals surface area contributed by atoms with Crippen molar-refractivity contribution in [3.05, 3.63) is 121 Å². The summed E-state index contributed by atoms with van der Waals surface area (Å²) in [6.07, 6.45) is 7.88. The summed E-state index contributed by atoms with van der Waals surface area (Å²) in [6, 6.07) is 46.5. The number of nitrogens with zero attached hydrogens (tertiary/aromatic N) is 2. The number of hydrogen-bond donors (Lipinski definition) is 0. The fourth-order valence-corrected chi connectivity index (χ4v) is 11.7. The van der Waals surface area contributed by atoms with E-state index in [4.69, 9.17) is 0 Å². The summed E-state index contributed by atoms with van der Waals surface area (Å²) < 4.78 is 5.91. The largest absolute Gasteiger partial charge is 0.270 e. The second kappa shape index (κ2) is 12.7. The molecule has 0 N–H and O–H groups in total. The second-order valence-corrected chi connectivity index (χ2v) is 14.8. The minimum atomic E-state index is -0.566. The van der Waals surface area contributed by atoms with Gasteiger partial charge in [0.2, 0.25) is 0 Å². The minimum absolute atomic E-state index is 0.566. The van der Waals surface area contributed by atoms with Crippen molar-refractivity contribution in [2.75, 3.05) is 13.1 Å². The highest BCUT2D eigenvalue weighted by Gasteiger charge is 2.41. The monoisotopic (exact) mass is 536 g/mol. The van der Waals surface area contributed by atoms with Crippen molar-refractivity contribution in [1.82, 2.24) is 9.34 Å². The molecule has 2 atom stereocenters. The van der Waals surface area contributed by atoms with Gasteiger partial charge < -0.3 is 0 Å². The van der Waals surface area contributed by atoms with Crippen LogP contribution < -0.4 is 21.2 Å². The van der Waals surface area contributed by atoms with Gasteiger partial charge in [-0.2, -0.15) is 0 Å². The van der Waals surface area contributed by atoms with Crippen LogP contribution in [-0.2, 0) is 0 Å². The van der Waals surface area contributed by atoms with Crippen LogP contribution in [-0.4, -0.2) is 34.5 Å². The van der Waals surface area contributed by atoms with E-state index in [9.17, 15) is 0 Å². The lowest BCUT2D eigenvalue weighted by atomic mass is 9.92. The molecule has 4 aromatic rings. The molecule has 2 nitrogen and oxygen atoms in total. The minimum Gasteiger partial charge on any atom is -0.270 e. The summed E-state index contributed by atoms with van der Waals surface area (Å²) in [4.78, 5) is 0. The van der Waals surface area contributed by atoms with Gasteiger partial charge in [-0.05, 0) is 46.9 Å². The first-order valence-electron chi connectivity index (χ1n) is 14.2. The van der Waals surface area contributed by atoms with Crippen molar-refractivity contribution in [3.63, 3.8) is 0 Å². The molecular formula is C34H38N2P2. The molecule has 4 aromatic carbocycles. The first-order valence-corrected chi connectivity index (χ1v) is 16.8. The topological polar surface area (TPSA) is 6.48 Å². The van der Waals surface area contributed by atoms with E-state index >= 15 is 0 Å². The van der Waals surface area contributed by atoms with Gasteiger partial charge in [0, 0.05) is 41.3 Å². The number of rotatable bonds is 7. The fourth-order valence-electron chi connectivity index (χ4n) is 6.33. The average molecular weight is 537 g/mol. The fraction of sp³-hybridized carbons (Fsp3) is 0.294. The third-order valence-corrected chi connectivity index (χ3v) is 13.2. The maximum Gasteiger partial charge on any atom is 0.0299 e. The molecule has 0 bridgehead atoms. The van der Waals surface area contributed by atoms with Gasteiger partial charge >= 0.3 is 0 Å². The molecule has 38 heavy (non-hydrogen) atoms. The van der Waals surface area contributed by atoms with Crippen LogP contribution in [0.4, 0.5) is 0 Å². The molecule has 0 spiro atoms. The van der Waals surface area contributed by atoms with Crippen LogP contribution >= 0.6 is 16.1 Å². The molecule has 0 amide bonds. The predicted molar refractivity (Wildman–Crippen MR) is 167 cm³/mol. The van der Waals surface area contributed by atoms with Gasteiger partial charge in [-0.15, -0.1) is 0 Å². The van der Waals surface area contributed by atoms with Crippen molar-refractivity contribution >= 4 is 37.4 Å². The maximum atomic E-state index is 2.95. The lowest BCUT2D eigenvalue weighted by Crippen LogP contribution is -2.54. The van der Waals surface area contributed by atoms with E-state index in [1.807, 2.05) is 0 Å². The normalized spacial score (nSPS) is 21.1. The van der Waals surface area contributed by atoms with Crippen LogP contribution in [0, 0.1) is 0 Å². The molecule has 2 saturated heterocycles. The van der Waals surface area contributed by atoms with Gasteiger partial charge in [0.25, 0.3) is 0 Å². The van der Waals surface area contributed by atoms with Crippen molar-refractivity contribution < 1.29 is 0 Å². The molecule has 0 saturated carbocycles. The Hall–Kier alpha value is -2.34. The number of piperidine rings is 2. The van der Waals surface area contributed by atoms with Gasteiger partial charge in [0.1, 0.15) is 0 Å². The first kappa shape index (κ1) is 25.9. The molecule has 2 fully saturated rings. The Morgan fingerprint density at radius 3 is 0.974 bits per heavy atom. The Labute approximate surface area is 231 Å². The molecule has 2 aliphatic rings. The van der Waals surface area contributed by atoms with E-state index in [2.05, 4.69) is 131 Å². The zero-order chi connectivity index (χ0) is 25.6. The van der Waals surface area contributed by atoms with E-state index in [1.165, 1.54) is 72.8 Å². The van der Waals surface area contributed by atoms with Crippen LogP contribution in [0.25, 0.3) is 0 Å². The highest BCUT2D eigenvalue weighted by atomic mass is 31.1. The van der Waals surface area contributed by atoms with Crippen LogP contribution in [0.3, 0.4) is 0 Å². The van der Waals surface area contributed by atoms with Crippen LogP contribution in [0.5, 0.6) is 0 Å². The molecule has 2 heterocycles. The lowest BCUT2D eigenvalue weighted by Gasteiger charge is -2.51. The van der Waals surface area contributed by atoms with Crippen molar-refractivity contribution in [2.45, 2.75) is 50.6 Å². The van der Waals surface area contributed by atoms with Crippen molar-refractivity contribution in [1.29, 1.82) is 0 Å². The number of benzene rings is 4. The van der Waals surface area contributed by atoms with Crippen molar-refractivity contribution in [2.24, 2.45) is 0 Å². The Balaban J connectivity index is 1.41. The summed E-state index contributed by atoms with van der Waals surface area (Å²) in [5, 5.41) is 5.93. The molecule has 194 valence electrons. The van der Waals surface area contributed by atoms with E-state index < -0.39 is 16.1 Å². The molecular weight excluding hydrogens is 498 g/mol. The standard InChI is InChI=1S/C34H38N2P2/c1-5-17-29(18-6-1)37(30-19-7-2-8-20-30)35-27-15-13-25-33(35)34-26-14-16-28-36(34)38(31-21-9-3-10-22-31)32-23-11-4-12-24-32/h1-12,17-24,33-34H,13-16,25-28H2. The molecule has 6 rings (SSSR count). The first-order chi connectivity index (χ1) is 18.9. The SMILES string of the molecule is c1ccc(P(c2ccccc2)N2CCCCC2C2CCCCN2P(c2ccccc2)c2ccccc2)cc1. The summed E-state index contributed by atoms with van der Waals surface area (Å²) in [5.41, 5.74) is 0. The highest BCUT2D eigenvalue weighted by Crippen LogP contribution is 2.50. The van der Waals surface area contributed by atoms with E-state index in [0.717, 1.165) is 0 Å². The van der Waals surface area contributed by atoms with Crippen LogP contribution in [0.2, 0.25) is 0 Å². The van der Waals surface area contributed by atoms with E-state index in [-0.39, 0.29) is 0 Å². The van der Waals surface area contributed by atoms with Gasteiger partial charge in [-0.1, -0.05) is 134 Å². The number of hydrogen-bond acceptors (Lipinski definition) is 2. The predicted octanol–water partition coefficient (Wildman–Crippen LogP) is 6.79. The van der Waals surface area contributed by atoms with Gasteiger partial charge in [-0.3, -0.25) is 9.34 Å².